The van der Waals surface area contributed by atoms with Crippen LogP contribution in [0.2, 0.25) is 0 Å². The number of rotatable bonds is 3. The van der Waals surface area contributed by atoms with Gasteiger partial charge in [-0.1, -0.05) is 0 Å². The molecule has 1 aromatic heterocycles. The second-order valence-electron chi connectivity index (χ2n) is 6.66. The SMILES string of the molecule is CC(=O)N1C[C@H](OC(=O)N2Cc3cnc(N(C)C)nc3C2)C[C@H]1C(=O)O. The van der Waals surface area contributed by atoms with Crippen LogP contribution in [0.5, 0.6) is 0 Å². The summed E-state index contributed by atoms with van der Waals surface area (Å²) in [4.78, 5) is 48.4. The molecule has 0 bridgehead atoms. The van der Waals surface area contributed by atoms with E-state index >= 15 is 0 Å². The molecule has 0 unspecified atom stereocenters. The summed E-state index contributed by atoms with van der Waals surface area (Å²) < 4.78 is 5.44. The Bertz CT molecular complexity index is 731. The highest BCUT2D eigenvalue weighted by molar-refractivity contribution is 5.83. The molecule has 0 radical (unpaired) electrons. The third kappa shape index (κ3) is 3.39. The molecular formula is C16H21N5O5. The average molecular weight is 363 g/mol. The Morgan fingerprint density at radius 1 is 1.31 bits per heavy atom. The predicted octanol–water partition coefficient (Wildman–Crippen LogP) is 0.0688. The third-order valence-electron chi connectivity index (χ3n) is 4.52. The number of hydrogen-bond acceptors (Lipinski definition) is 7. The largest absolute Gasteiger partial charge is 0.480 e. The first-order valence-electron chi connectivity index (χ1n) is 8.24. The molecular weight excluding hydrogens is 342 g/mol. The van der Waals surface area contributed by atoms with Gasteiger partial charge in [0.1, 0.15) is 12.1 Å². The number of likely N-dealkylation sites (tertiary alicyclic amines) is 1. The van der Waals surface area contributed by atoms with Crippen LogP contribution in [0.25, 0.3) is 0 Å². The molecule has 1 aromatic rings. The lowest BCUT2D eigenvalue weighted by molar-refractivity contribution is -0.147. The van der Waals surface area contributed by atoms with Crippen molar-refractivity contribution in [2.75, 3.05) is 25.5 Å². The minimum atomic E-state index is -1.10. The molecule has 2 amide bonds. The van der Waals surface area contributed by atoms with Crippen molar-refractivity contribution in [3.8, 4) is 0 Å². The Hall–Kier alpha value is -2.91. The second-order valence-corrected chi connectivity index (χ2v) is 6.66. The van der Waals surface area contributed by atoms with Gasteiger partial charge in [-0.15, -0.1) is 0 Å². The maximum absolute atomic E-state index is 12.4. The van der Waals surface area contributed by atoms with E-state index in [1.807, 2.05) is 14.1 Å². The fraction of sp³-hybridized carbons (Fsp3) is 0.562. The van der Waals surface area contributed by atoms with Crippen LogP contribution in [-0.2, 0) is 27.4 Å². The number of aromatic nitrogens is 2. The van der Waals surface area contributed by atoms with Gasteiger partial charge in [-0.2, -0.15) is 0 Å². The number of ether oxygens (including phenoxy) is 1. The first kappa shape index (κ1) is 17.9. The number of hydrogen-bond donors (Lipinski definition) is 1. The fourth-order valence-corrected chi connectivity index (χ4v) is 3.17. The Morgan fingerprint density at radius 2 is 2.04 bits per heavy atom. The summed E-state index contributed by atoms with van der Waals surface area (Å²) in [7, 11) is 3.67. The van der Waals surface area contributed by atoms with Gasteiger partial charge in [-0.05, 0) is 0 Å². The van der Waals surface area contributed by atoms with Crippen molar-refractivity contribution < 1.29 is 24.2 Å². The Kier molecular flexibility index (Phi) is 4.66. The van der Waals surface area contributed by atoms with Gasteiger partial charge in [-0.3, -0.25) is 9.69 Å². The first-order chi connectivity index (χ1) is 12.3. The quantitative estimate of drug-likeness (QED) is 0.802. The van der Waals surface area contributed by atoms with E-state index in [2.05, 4.69) is 9.97 Å². The van der Waals surface area contributed by atoms with Crippen LogP contribution in [0.15, 0.2) is 6.20 Å². The van der Waals surface area contributed by atoms with E-state index in [9.17, 15) is 19.5 Å². The number of anilines is 1. The van der Waals surface area contributed by atoms with Crippen LogP contribution in [0, 0.1) is 0 Å². The Labute approximate surface area is 150 Å². The second kappa shape index (κ2) is 6.77. The smallest absolute Gasteiger partial charge is 0.410 e. The summed E-state index contributed by atoms with van der Waals surface area (Å²) in [6.45, 7) is 2.04. The number of fused-ring (bicyclic) bond motifs is 1. The number of nitrogens with zero attached hydrogens (tertiary/aromatic N) is 5. The minimum Gasteiger partial charge on any atom is -0.480 e. The molecule has 0 aliphatic carbocycles. The zero-order chi connectivity index (χ0) is 19.0. The van der Waals surface area contributed by atoms with Crippen molar-refractivity contribution in [2.24, 2.45) is 0 Å². The van der Waals surface area contributed by atoms with E-state index in [-0.39, 0.29) is 18.9 Å². The Balaban J connectivity index is 1.63. The lowest BCUT2D eigenvalue weighted by Gasteiger charge is -2.19. The van der Waals surface area contributed by atoms with Crippen LogP contribution in [-0.4, -0.2) is 75.6 Å². The fourth-order valence-electron chi connectivity index (χ4n) is 3.17. The van der Waals surface area contributed by atoms with Crippen molar-refractivity contribution in [3.05, 3.63) is 17.5 Å². The van der Waals surface area contributed by atoms with Gasteiger partial charge in [-0.25, -0.2) is 19.6 Å². The van der Waals surface area contributed by atoms with Gasteiger partial charge < -0.3 is 19.6 Å². The van der Waals surface area contributed by atoms with Crippen LogP contribution in [0.1, 0.15) is 24.6 Å². The minimum absolute atomic E-state index is 0.0867. The molecule has 3 heterocycles. The van der Waals surface area contributed by atoms with Crippen LogP contribution >= 0.6 is 0 Å². The van der Waals surface area contributed by atoms with Crippen molar-refractivity contribution in [1.29, 1.82) is 0 Å². The molecule has 1 fully saturated rings. The summed E-state index contributed by atoms with van der Waals surface area (Å²) in [6.07, 6.45) is 0.596. The molecule has 1 saturated heterocycles. The van der Waals surface area contributed by atoms with Crippen LogP contribution in [0.4, 0.5) is 10.7 Å². The molecule has 10 heteroatoms. The molecule has 26 heavy (non-hydrogen) atoms. The van der Waals surface area contributed by atoms with Crippen LogP contribution in [0.3, 0.4) is 0 Å². The predicted molar refractivity (Wildman–Crippen MR) is 89.3 cm³/mol. The molecule has 1 N–H and O–H groups in total. The number of carboxylic acid groups (broad SMARTS) is 1. The van der Waals surface area contributed by atoms with Gasteiger partial charge in [0.25, 0.3) is 0 Å². The summed E-state index contributed by atoms with van der Waals surface area (Å²) in [6, 6.07) is -0.963. The van der Waals surface area contributed by atoms with Gasteiger partial charge >= 0.3 is 12.1 Å². The normalized spacial score (nSPS) is 21.5. The lowest BCUT2D eigenvalue weighted by atomic mass is 10.2. The zero-order valence-electron chi connectivity index (χ0n) is 14.9. The number of carboxylic acids is 1. The molecule has 2 aliphatic heterocycles. The van der Waals surface area contributed by atoms with Crippen LogP contribution < -0.4 is 4.90 Å². The highest BCUT2D eigenvalue weighted by Crippen LogP contribution is 2.25. The van der Waals surface area contributed by atoms with E-state index in [4.69, 9.17) is 4.74 Å². The topological polar surface area (TPSA) is 116 Å². The molecule has 10 nitrogen and oxygen atoms in total. The number of aliphatic carboxylic acids is 1. The maximum Gasteiger partial charge on any atom is 0.410 e. The summed E-state index contributed by atoms with van der Waals surface area (Å²) in [5, 5.41) is 9.22. The number of carbonyl (C=O) groups is 3. The van der Waals surface area contributed by atoms with Crippen molar-refractivity contribution >= 4 is 23.9 Å². The first-order valence-corrected chi connectivity index (χ1v) is 8.24. The third-order valence-corrected chi connectivity index (χ3v) is 4.52. The molecule has 2 aliphatic rings. The van der Waals surface area contributed by atoms with Crippen molar-refractivity contribution in [2.45, 2.75) is 38.6 Å². The highest BCUT2D eigenvalue weighted by Gasteiger charge is 2.41. The maximum atomic E-state index is 12.4. The highest BCUT2D eigenvalue weighted by atomic mass is 16.6. The molecule has 140 valence electrons. The monoisotopic (exact) mass is 363 g/mol. The standard InChI is InChI=1S/C16H21N5O5/c1-9(22)21-7-11(4-13(21)14(23)24)26-16(25)20-6-10-5-17-15(19(2)3)18-12(10)8-20/h5,11,13H,4,6-8H2,1-3H3,(H,23,24)/t11-,13+/m1/s1. The Morgan fingerprint density at radius 3 is 2.62 bits per heavy atom. The molecule has 0 saturated carbocycles. The van der Waals surface area contributed by atoms with Gasteiger partial charge in [0, 0.05) is 39.2 Å². The van der Waals surface area contributed by atoms with E-state index in [0.29, 0.717) is 19.0 Å². The van der Waals surface area contributed by atoms with Gasteiger partial charge in [0.05, 0.1) is 25.3 Å². The van der Waals surface area contributed by atoms with Crippen molar-refractivity contribution in [3.63, 3.8) is 0 Å². The average Bonchev–Trinajstić information content (AvgIpc) is 3.17. The number of carbonyl (C=O) groups excluding carboxylic acids is 2. The van der Waals surface area contributed by atoms with Crippen molar-refractivity contribution in [1.82, 2.24) is 19.8 Å². The summed E-state index contributed by atoms with van der Waals surface area (Å²) in [5.41, 5.74) is 1.62. The van der Waals surface area contributed by atoms with E-state index < -0.39 is 24.2 Å². The summed E-state index contributed by atoms with van der Waals surface area (Å²) in [5.74, 6) is -0.883. The zero-order valence-corrected chi connectivity index (χ0v) is 14.9. The lowest BCUT2D eigenvalue weighted by Crippen LogP contribution is -2.39. The van der Waals surface area contributed by atoms with Gasteiger partial charge in [0.2, 0.25) is 11.9 Å². The molecule has 3 rings (SSSR count). The van der Waals surface area contributed by atoms with E-state index in [1.165, 1.54) is 16.7 Å². The molecule has 0 aromatic carbocycles. The van der Waals surface area contributed by atoms with Gasteiger partial charge in [0.15, 0.2) is 0 Å². The number of amides is 2. The molecule has 0 spiro atoms. The molecule has 2 atom stereocenters. The van der Waals surface area contributed by atoms with E-state index in [0.717, 1.165) is 11.3 Å². The van der Waals surface area contributed by atoms with E-state index in [1.54, 1.807) is 11.1 Å². The summed E-state index contributed by atoms with van der Waals surface area (Å²) >= 11 is 0.